The number of carbonyl (C=O) groups is 1. The van der Waals surface area contributed by atoms with Crippen LogP contribution in [0.4, 0.5) is 0 Å². The highest BCUT2D eigenvalue weighted by Gasteiger charge is 2.09. The minimum absolute atomic E-state index is 0.0208. The van der Waals surface area contributed by atoms with Crippen molar-refractivity contribution >= 4 is 22.7 Å². The summed E-state index contributed by atoms with van der Waals surface area (Å²) in [7, 11) is 1.64. The monoisotopic (exact) mass is 324 g/mol. The lowest BCUT2D eigenvalue weighted by Crippen LogP contribution is -2.15. The van der Waals surface area contributed by atoms with Gasteiger partial charge in [0.2, 0.25) is 0 Å². The number of ether oxygens (including phenoxy) is 2. The molecular formula is C16H24N2O3S. The molecule has 0 spiro atoms. The molecule has 0 heterocycles. The van der Waals surface area contributed by atoms with E-state index in [1.165, 1.54) is 11.8 Å². The Kier molecular flexibility index (Phi) is 7.98. The maximum absolute atomic E-state index is 11.5. The van der Waals surface area contributed by atoms with E-state index in [1.807, 2.05) is 26.0 Å². The van der Waals surface area contributed by atoms with Crippen molar-refractivity contribution in [1.82, 2.24) is 0 Å². The van der Waals surface area contributed by atoms with Crippen LogP contribution in [-0.2, 0) is 10.5 Å². The second kappa shape index (κ2) is 9.48. The molecule has 0 fully saturated rings. The van der Waals surface area contributed by atoms with E-state index in [0.29, 0.717) is 29.7 Å². The molecule has 0 amide bonds. The van der Waals surface area contributed by atoms with Gasteiger partial charge in [-0.1, -0.05) is 11.8 Å². The van der Waals surface area contributed by atoms with Crippen LogP contribution in [0.5, 0.6) is 5.75 Å². The maximum Gasteiger partial charge on any atom is 0.159 e. The van der Waals surface area contributed by atoms with E-state index in [-0.39, 0.29) is 11.8 Å². The number of amidine groups is 1. The van der Waals surface area contributed by atoms with E-state index in [1.54, 1.807) is 20.1 Å². The third-order valence-electron chi connectivity index (χ3n) is 2.90. The number of nitrogens with two attached hydrogens (primary N) is 1. The zero-order valence-electron chi connectivity index (χ0n) is 13.6. The summed E-state index contributed by atoms with van der Waals surface area (Å²) in [5.41, 5.74) is 7.53. The molecule has 0 aliphatic carbocycles. The van der Waals surface area contributed by atoms with Gasteiger partial charge in [-0.15, -0.1) is 0 Å². The summed E-state index contributed by atoms with van der Waals surface area (Å²) >= 11 is 1.43. The molecule has 1 aromatic carbocycles. The van der Waals surface area contributed by atoms with Crippen molar-refractivity contribution in [2.24, 2.45) is 10.7 Å². The summed E-state index contributed by atoms with van der Waals surface area (Å²) in [6, 6.07) is 5.48. The molecule has 22 heavy (non-hydrogen) atoms. The van der Waals surface area contributed by atoms with Crippen LogP contribution in [0.2, 0.25) is 0 Å². The highest BCUT2D eigenvalue weighted by atomic mass is 32.2. The Balaban J connectivity index is 2.81. The molecule has 122 valence electrons. The number of nitrogens with zero attached hydrogens (tertiary/aromatic N) is 1. The van der Waals surface area contributed by atoms with E-state index >= 15 is 0 Å². The molecule has 1 aromatic rings. The summed E-state index contributed by atoms with van der Waals surface area (Å²) in [5.74, 6) is 1.41. The van der Waals surface area contributed by atoms with Gasteiger partial charge in [-0.05, 0) is 39.0 Å². The molecule has 0 aromatic heterocycles. The number of carbonyl (C=O) groups excluding carboxylic acids is 1. The van der Waals surface area contributed by atoms with Crippen molar-refractivity contribution in [3.8, 4) is 5.75 Å². The molecule has 0 unspecified atom stereocenters. The number of Topliss-reactive ketones (excluding diaryl/α,β-unsaturated/α-hetero) is 1. The van der Waals surface area contributed by atoms with E-state index in [0.717, 1.165) is 11.3 Å². The van der Waals surface area contributed by atoms with Crippen LogP contribution in [0, 0.1) is 0 Å². The largest absolute Gasteiger partial charge is 0.494 e. The van der Waals surface area contributed by atoms with Gasteiger partial charge >= 0.3 is 0 Å². The Morgan fingerprint density at radius 2 is 2.18 bits per heavy atom. The van der Waals surface area contributed by atoms with E-state index in [2.05, 4.69) is 4.99 Å². The van der Waals surface area contributed by atoms with Gasteiger partial charge in [0.1, 0.15) is 5.75 Å². The van der Waals surface area contributed by atoms with Gasteiger partial charge in [0, 0.05) is 24.0 Å². The van der Waals surface area contributed by atoms with Gasteiger partial charge in [-0.25, -0.2) is 0 Å². The normalized spacial score (nSPS) is 13.0. The zero-order valence-corrected chi connectivity index (χ0v) is 14.4. The zero-order chi connectivity index (χ0) is 16.5. The number of hydrogen-bond acceptors (Lipinski definition) is 5. The van der Waals surface area contributed by atoms with Crippen LogP contribution in [0.3, 0.4) is 0 Å². The van der Waals surface area contributed by atoms with Crippen LogP contribution in [-0.4, -0.2) is 37.3 Å². The first-order chi connectivity index (χ1) is 10.5. The second-order valence-corrected chi connectivity index (χ2v) is 5.87. The fraction of sp³-hybridized carbons (Fsp3) is 0.500. The predicted molar refractivity (Wildman–Crippen MR) is 91.9 cm³/mol. The molecule has 1 atom stereocenters. The van der Waals surface area contributed by atoms with Crippen molar-refractivity contribution < 1.29 is 14.3 Å². The first-order valence-corrected chi connectivity index (χ1v) is 8.18. The van der Waals surface area contributed by atoms with Gasteiger partial charge < -0.3 is 15.2 Å². The number of benzene rings is 1. The predicted octanol–water partition coefficient (Wildman–Crippen LogP) is 2.87. The fourth-order valence-electron chi connectivity index (χ4n) is 1.89. The third kappa shape index (κ3) is 6.07. The number of hydrogen-bond donors (Lipinski definition) is 1. The van der Waals surface area contributed by atoms with Gasteiger partial charge in [-0.3, -0.25) is 9.79 Å². The van der Waals surface area contributed by atoms with Crippen LogP contribution in [0.1, 0.15) is 36.7 Å². The summed E-state index contributed by atoms with van der Waals surface area (Å²) < 4.78 is 10.6. The summed E-state index contributed by atoms with van der Waals surface area (Å²) in [6.07, 6.45) is 0. The Bertz CT molecular complexity index is 532. The Morgan fingerprint density at radius 3 is 2.77 bits per heavy atom. The minimum atomic E-state index is 0.0208. The Hall–Kier alpha value is -1.53. The van der Waals surface area contributed by atoms with E-state index in [9.17, 15) is 4.79 Å². The SMILES string of the molecule is CCOc1ccc(C(C)=O)cc1CSC(N)=N[C@@H](C)COC. The van der Waals surface area contributed by atoms with Crippen molar-refractivity contribution in [2.45, 2.75) is 32.6 Å². The molecular weight excluding hydrogens is 300 g/mol. The van der Waals surface area contributed by atoms with Crippen molar-refractivity contribution in [2.75, 3.05) is 20.3 Å². The van der Waals surface area contributed by atoms with E-state index < -0.39 is 0 Å². The molecule has 0 bridgehead atoms. The third-order valence-corrected chi connectivity index (χ3v) is 3.75. The van der Waals surface area contributed by atoms with Crippen LogP contribution >= 0.6 is 11.8 Å². The number of rotatable bonds is 8. The molecule has 1 rings (SSSR count). The van der Waals surface area contributed by atoms with Crippen LogP contribution in [0.25, 0.3) is 0 Å². The Labute approximate surface area is 136 Å². The first kappa shape index (κ1) is 18.5. The molecule has 0 aliphatic heterocycles. The lowest BCUT2D eigenvalue weighted by Gasteiger charge is -2.12. The molecule has 0 radical (unpaired) electrons. The van der Waals surface area contributed by atoms with Crippen molar-refractivity contribution in [3.05, 3.63) is 29.3 Å². The minimum Gasteiger partial charge on any atom is -0.494 e. The summed E-state index contributed by atoms with van der Waals surface area (Å²) in [4.78, 5) is 15.9. The lowest BCUT2D eigenvalue weighted by molar-refractivity contribution is 0.101. The molecule has 0 saturated heterocycles. The van der Waals surface area contributed by atoms with Gasteiger partial charge in [-0.2, -0.15) is 0 Å². The van der Waals surface area contributed by atoms with Crippen molar-refractivity contribution in [3.63, 3.8) is 0 Å². The maximum atomic E-state index is 11.5. The average Bonchev–Trinajstić information content (AvgIpc) is 2.46. The number of thioether (sulfide) groups is 1. The second-order valence-electron chi connectivity index (χ2n) is 4.87. The van der Waals surface area contributed by atoms with Crippen LogP contribution < -0.4 is 10.5 Å². The highest BCUT2D eigenvalue weighted by Crippen LogP contribution is 2.25. The molecule has 2 N–H and O–H groups in total. The first-order valence-electron chi connectivity index (χ1n) is 7.19. The lowest BCUT2D eigenvalue weighted by atomic mass is 10.1. The van der Waals surface area contributed by atoms with Gasteiger partial charge in [0.05, 0.1) is 19.3 Å². The van der Waals surface area contributed by atoms with Crippen molar-refractivity contribution in [1.29, 1.82) is 0 Å². The summed E-state index contributed by atoms with van der Waals surface area (Å²) in [6.45, 7) is 6.53. The van der Waals surface area contributed by atoms with Gasteiger partial charge in [0.25, 0.3) is 0 Å². The number of ketones is 1. The topological polar surface area (TPSA) is 73.9 Å². The standard InChI is InChI=1S/C16H24N2O3S/c1-5-21-15-7-6-13(12(3)19)8-14(15)10-22-16(17)18-11(2)9-20-4/h6-8,11H,5,9-10H2,1-4H3,(H2,17,18)/t11-/m0/s1. The van der Waals surface area contributed by atoms with E-state index in [4.69, 9.17) is 15.2 Å². The summed E-state index contributed by atoms with van der Waals surface area (Å²) in [5, 5.41) is 0.500. The molecule has 5 nitrogen and oxygen atoms in total. The molecule has 6 heteroatoms. The van der Waals surface area contributed by atoms with Gasteiger partial charge in [0.15, 0.2) is 11.0 Å². The molecule has 0 aliphatic rings. The highest BCUT2D eigenvalue weighted by molar-refractivity contribution is 8.13. The fourth-order valence-corrected chi connectivity index (χ4v) is 2.68. The average molecular weight is 324 g/mol. The molecule has 0 saturated carbocycles. The quantitative estimate of drug-likeness (QED) is 0.452. The smallest absolute Gasteiger partial charge is 0.159 e. The van der Waals surface area contributed by atoms with Crippen LogP contribution in [0.15, 0.2) is 23.2 Å². The number of methoxy groups -OCH3 is 1. The number of aliphatic imine (C=N–C) groups is 1. The Morgan fingerprint density at radius 1 is 1.45 bits per heavy atom.